The lowest BCUT2D eigenvalue weighted by molar-refractivity contribution is -0.261. The van der Waals surface area contributed by atoms with Crippen molar-refractivity contribution >= 4 is 12.0 Å². The standard InChI is InChI=1S/C13H24N2O3/c1-9-6-7-15(10(2)16)8-11(9)14-12(17)18-13(3,4)5/h9,11H,6-8H2,1-5H3,(H,14,17)/p-1/t9-,11-/m1/s1. The molecule has 5 nitrogen and oxygen atoms in total. The zero-order chi connectivity index (χ0) is 13.9. The first-order valence-corrected chi connectivity index (χ1v) is 6.38. The number of carbonyl (C=O) groups excluding carboxylic acids is 1. The van der Waals surface area contributed by atoms with Crippen LogP contribution in [0.5, 0.6) is 0 Å². The summed E-state index contributed by atoms with van der Waals surface area (Å²) in [5, 5.41) is 11.7. The van der Waals surface area contributed by atoms with Crippen LogP contribution in [0.1, 0.15) is 41.0 Å². The fourth-order valence-electron chi connectivity index (χ4n) is 1.93. The Labute approximate surface area is 109 Å². The fraction of sp³-hybridized carbons (Fsp3) is 0.846. The van der Waals surface area contributed by atoms with Crippen molar-refractivity contribution in [2.75, 3.05) is 13.1 Å². The molecule has 0 aromatic heterocycles. The third-order valence-electron chi connectivity index (χ3n) is 3.03. The van der Waals surface area contributed by atoms with Crippen molar-refractivity contribution in [3.05, 3.63) is 0 Å². The van der Waals surface area contributed by atoms with Gasteiger partial charge >= 0.3 is 0 Å². The van der Waals surface area contributed by atoms with Crippen LogP contribution in [0, 0.1) is 5.92 Å². The summed E-state index contributed by atoms with van der Waals surface area (Å²) in [5.41, 5.74) is -0.529. The third-order valence-corrected chi connectivity index (χ3v) is 3.03. The Kier molecular flexibility index (Phi) is 4.59. The van der Waals surface area contributed by atoms with Gasteiger partial charge in [-0.1, -0.05) is 27.7 Å². The number of hydrogen-bond acceptors (Lipinski definition) is 4. The second kappa shape index (κ2) is 5.59. The van der Waals surface area contributed by atoms with E-state index in [2.05, 4.69) is 11.9 Å². The summed E-state index contributed by atoms with van der Waals surface area (Å²) in [7, 11) is 0. The highest BCUT2D eigenvalue weighted by Gasteiger charge is 2.27. The number of hydrogen-bond donors (Lipinski definition) is 0. The summed E-state index contributed by atoms with van der Waals surface area (Å²) in [6.07, 6.45) is 0.334. The van der Waals surface area contributed by atoms with Crippen molar-refractivity contribution in [2.45, 2.75) is 52.7 Å². The minimum Gasteiger partial charge on any atom is -0.595 e. The van der Waals surface area contributed by atoms with E-state index in [1.54, 1.807) is 11.8 Å². The molecule has 5 heteroatoms. The number of nitrogens with zero attached hydrogens (tertiary/aromatic N) is 2. The number of amides is 1. The smallest absolute Gasteiger partial charge is 0.219 e. The lowest BCUT2D eigenvalue weighted by Crippen LogP contribution is -2.45. The van der Waals surface area contributed by atoms with Crippen molar-refractivity contribution in [1.82, 2.24) is 4.90 Å². The number of rotatable bonds is 1. The summed E-state index contributed by atoms with van der Waals surface area (Å²) < 4.78 is 5.18. The highest BCUT2D eigenvalue weighted by atomic mass is 16.6. The molecule has 18 heavy (non-hydrogen) atoms. The van der Waals surface area contributed by atoms with Gasteiger partial charge in [-0.05, 0) is 12.3 Å². The van der Waals surface area contributed by atoms with Crippen LogP contribution in [-0.4, -0.2) is 41.6 Å². The van der Waals surface area contributed by atoms with Crippen molar-refractivity contribution in [3.8, 4) is 0 Å². The van der Waals surface area contributed by atoms with Gasteiger partial charge in [0.1, 0.15) is 6.08 Å². The molecule has 0 aliphatic carbocycles. The van der Waals surface area contributed by atoms with Crippen LogP contribution in [0.2, 0.25) is 0 Å². The van der Waals surface area contributed by atoms with Gasteiger partial charge in [0.2, 0.25) is 5.91 Å². The van der Waals surface area contributed by atoms with Gasteiger partial charge in [0.15, 0.2) is 0 Å². The largest absolute Gasteiger partial charge is 0.595 e. The Morgan fingerprint density at radius 3 is 2.56 bits per heavy atom. The van der Waals surface area contributed by atoms with Crippen molar-refractivity contribution in [3.63, 3.8) is 0 Å². The molecule has 0 radical (unpaired) electrons. The van der Waals surface area contributed by atoms with E-state index in [1.807, 2.05) is 20.8 Å². The first-order chi connectivity index (χ1) is 8.19. The molecule has 1 heterocycles. The van der Waals surface area contributed by atoms with Gasteiger partial charge in [0.05, 0.1) is 6.04 Å². The number of piperidine rings is 1. The highest BCUT2D eigenvalue weighted by molar-refractivity contribution is 5.73. The molecule has 2 atom stereocenters. The summed E-state index contributed by atoms with van der Waals surface area (Å²) in [5.74, 6) is 0.333. The number of ether oxygens (including phenoxy) is 1. The van der Waals surface area contributed by atoms with Gasteiger partial charge in [-0.2, -0.15) is 0 Å². The van der Waals surface area contributed by atoms with Crippen LogP contribution in [0.3, 0.4) is 0 Å². The monoisotopic (exact) mass is 255 g/mol. The molecule has 0 aromatic carbocycles. The first-order valence-electron chi connectivity index (χ1n) is 6.38. The lowest BCUT2D eigenvalue weighted by atomic mass is 9.94. The minimum atomic E-state index is -0.537. The molecule has 1 rings (SSSR count). The molecule has 0 aromatic rings. The van der Waals surface area contributed by atoms with E-state index in [1.165, 1.54) is 0 Å². The van der Waals surface area contributed by atoms with Crippen LogP contribution in [0.25, 0.3) is 0 Å². The molecule has 1 aliphatic rings. The topological polar surface area (TPSA) is 65.0 Å². The second-order valence-corrected chi connectivity index (χ2v) is 5.91. The Hall–Kier alpha value is -1.26. The molecule has 1 fully saturated rings. The zero-order valence-electron chi connectivity index (χ0n) is 11.9. The van der Waals surface area contributed by atoms with Crippen LogP contribution >= 0.6 is 0 Å². The molecule has 0 saturated carbocycles. The summed E-state index contributed by atoms with van der Waals surface area (Å²) in [6.45, 7) is 10.3. The molecule has 0 unspecified atom stereocenters. The van der Waals surface area contributed by atoms with Crippen LogP contribution in [0.15, 0.2) is 4.99 Å². The highest BCUT2D eigenvalue weighted by Crippen LogP contribution is 2.20. The first kappa shape index (κ1) is 14.8. The number of aliphatic imine (C=N–C) groups is 1. The Balaban J connectivity index is 2.68. The van der Waals surface area contributed by atoms with Crippen LogP contribution < -0.4 is 5.11 Å². The predicted octanol–water partition coefficient (Wildman–Crippen LogP) is 0.775. The molecule has 0 N–H and O–H groups in total. The van der Waals surface area contributed by atoms with Crippen LogP contribution in [-0.2, 0) is 9.53 Å². The summed E-state index contributed by atoms with van der Waals surface area (Å²) in [6, 6.07) is -0.155. The third kappa shape index (κ3) is 4.55. The molecule has 1 saturated heterocycles. The van der Waals surface area contributed by atoms with Gasteiger partial charge in [0.25, 0.3) is 0 Å². The average molecular weight is 255 g/mol. The van der Waals surface area contributed by atoms with Gasteiger partial charge in [0, 0.05) is 25.6 Å². The lowest BCUT2D eigenvalue weighted by Gasteiger charge is -2.36. The van der Waals surface area contributed by atoms with E-state index in [0.29, 0.717) is 12.5 Å². The molecule has 1 amide bonds. The maximum absolute atomic E-state index is 11.7. The zero-order valence-corrected chi connectivity index (χ0v) is 11.9. The normalized spacial score (nSPS) is 26.1. The van der Waals surface area contributed by atoms with Gasteiger partial charge < -0.3 is 14.7 Å². The van der Waals surface area contributed by atoms with E-state index in [0.717, 1.165) is 13.0 Å². The molecule has 1 aliphatic heterocycles. The Bertz CT molecular complexity index is 334. The quantitative estimate of drug-likeness (QED) is 0.513. The average Bonchev–Trinajstić information content (AvgIpc) is 2.18. The van der Waals surface area contributed by atoms with E-state index in [4.69, 9.17) is 4.74 Å². The minimum absolute atomic E-state index is 0.0336. The van der Waals surface area contributed by atoms with E-state index < -0.39 is 11.7 Å². The molecular weight excluding hydrogens is 232 g/mol. The van der Waals surface area contributed by atoms with E-state index in [-0.39, 0.29) is 11.9 Å². The Morgan fingerprint density at radius 2 is 2.06 bits per heavy atom. The van der Waals surface area contributed by atoms with E-state index >= 15 is 0 Å². The summed E-state index contributed by atoms with van der Waals surface area (Å²) in [4.78, 5) is 17.1. The maximum Gasteiger partial charge on any atom is 0.219 e. The molecular formula is C13H23N2O3-. The van der Waals surface area contributed by atoms with Crippen molar-refractivity contribution in [2.24, 2.45) is 10.9 Å². The fourth-order valence-corrected chi connectivity index (χ4v) is 1.93. The van der Waals surface area contributed by atoms with E-state index in [9.17, 15) is 9.90 Å². The number of carbonyl (C=O) groups is 1. The van der Waals surface area contributed by atoms with Crippen molar-refractivity contribution in [1.29, 1.82) is 0 Å². The molecule has 0 bridgehead atoms. The SMILES string of the molecule is CC(=O)N1CC[C@@H](C)[C@H](N=C([O-])OC(C)(C)C)C1. The van der Waals surface area contributed by atoms with Crippen molar-refractivity contribution < 1.29 is 14.6 Å². The molecule has 0 spiro atoms. The molecule has 104 valence electrons. The number of likely N-dealkylation sites (tertiary alicyclic amines) is 1. The Morgan fingerprint density at radius 1 is 1.44 bits per heavy atom. The van der Waals surface area contributed by atoms with Crippen LogP contribution in [0.4, 0.5) is 0 Å². The summed E-state index contributed by atoms with van der Waals surface area (Å²) >= 11 is 0. The van der Waals surface area contributed by atoms with Gasteiger partial charge in [-0.25, -0.2) is 0 Å². The predicted molar refractivity (Wildman–Crippen MR) is 68.1 cm³/mol. The van der Waals surface area contributed by atoms with Gasteiger partial charge in [-0.15, -0.1) is 0 Å². The maximum atomic E-state index is 11.7. The second-order valence-electron chi connectivity index (χ2n) is 5.91. The van der Waals surface area contributed by atoms with Gasteiger partial charge in [-0.3, -0.25) is 9.79 Å².